The summed E-state index contributed by atoms with van der Waals surface area (Å²) in [5, 5.41) is 16.2. The molecule has 1 amide bonds. The number of likely N-dealkylation sites (tertiary alicyclic amines) is 1. The topological polar surface area (TPSA) is 97.3 Å². The van der Waals surface area contributed by atoms with E-state index >= 15 is 0 Å². The molecule has 3 N–H and O–H groups in total. The second-order valence-corrected chi connectivity index (χ2v) is 3.29. The van der Waals surface area contributed by atoms with Gasteiger partial charge in [0.25, 0.3) is 0 Å². The van der Waals surface area contributed by atoms with E-state index < -0.39 is 0 Å². The van der Waals surface area contributed by atoms with Crippen LogP contribution >= 0.6 is 0 Å². The van der Waals surface area contributed by atoms with Crippen molar-refractivity contribution in [2.24, 2.45) is 0 Å². The first kappa shape index (κ1) is 8.95. The van der Waals surface area contributed by atoms with Crippen LogP contribution in [-0.4, -0.2) is 50.1 Å². The molecule has 1 aromatic heterocycles. The van der Waals surface area contributed by atoms with Gasteiger partial charge in [0.2, 0.25) is 5.91 Å². The Morgan fingerprint density at radius 1 is 1.71 bits per heavy atom. The summed E-state index contributed by atoms with van der Waals surface area (Å²) < 4.78 is 1.38. The molecule has 76 valence electrons. The zero-order valence-electron chi connectivity index (χ0n) is 7.50. The molecule has 2 heterocycles. The van der Waals surface area contributed by atoms with Gasteiger partial charge in [-0.2, -0.15) is 0 Å². The lowest BCUT2D eigenvalue weighted by Gasteiger charge is -2.35. The monoisotopic (exact) mass is 197 g/mol. The summed E-state index contributed by atoms with van der Waals surface area (Å²) in [6.45, 7) is 0.933. The van der Waals surface area contributed by atoms with E-state index in [0.29, 0.717) is 18.9 Å². The maximum atomic E-state index is 11.4. The van der Waals surface area contributed by atoms with Crippen LogP contribution in [0.2, 0.25) is 0 Å². The first-order valence-corrected chi connectivity index (χ1v) is 4.26. The van der Waals surface area contributed by atoms with Crippen LogP contribution in [0.3, 0.4) is 0 Å². The highest BCUT2D eigenvalue weighted by atomic mass is 16.3. The van der Waals surface area contributed by atoms with Crippen LogP contribution in [-0.2, 0) is 11.3 Å². The van der Waals surface area contributed by atoms with Crippen molar-refractivity contribution in [3.05, 3.63) is 6.20 Å². The van der Waals surface area contributed by atoms with Gasteiger partial charge in [0, 0.05) is 13.1 Å². The molecule has 14 heavy (non-hydrogen) atoms. The molecule has 0 aliphatic carbocycles. The fraction of sp³-hybridized carbons (Fsp3) is 0.571. The molecule has 0 unspecified atom stereocenters. The van der Waals surface area contributed by atoms with E-state index in [4.69, 9.17) is 10.8 Å². The maximum absolute atomic E-state index is 11.4. The first-order chi connectivity index (χ1) is 6.65. The highest BCUT2D eigenvalue weighted by Crippen LogP contribution is 2.08. The van der Waals surface area contributed by atoms with Crippen molar-refractivity contribution < 1.29 is 9.90 Å². The minimum Gasteiger partial charge on any atom is -0.389 e. The van der Waals surface area contributed by atoms with Gasteiger partial charge in [-0.3, -0.25) is 4.79 Å². The highest BCUT2D eigenvalue weighted by Gasteiger charge is 2.28. The third-order valence-corrected chi connectivity index (χ3v) is 2.07. The van der Waals surface area contributed by atoms with E-state index in [-0.39, 0.29) is 18.6 Å². The lowest BCUT2D eigenvalue weighted by Crippen LogP contribution is -2.54. The predicted molar refractivity (Wildman–Crippen MR) is 47.0 cm³/mol. The Bertz CT molecular complexity index is 344. The molecule has 0 atom stereocenters. The third kappa shape index (κ3) is 1.67. The SMILES string of the molecule is Nc1cn(CC(=O)N2CC(O)C2)nn1. The Labute approximate surface area is 80.1 Å². The van der Waals surface area contributed by atoms with Gasteiger partial charge in [0.05, 0.1) is 12.3 Å². The second kappa shape index (κ2) is 3.26. The fourth-order valence-corrected chi connectivity index (χ4v) is 1.29. The molecule has 0 bridgehead atoms. The van der Waals surface area contributed by atoms with Crippen LogP contribution in [0.5, 0.6) is 0 Å². The van der Waals surface area contributed by atoms with Gasteiger partial charge in [-0.05, 0) is 0 Å². The normalized spacial score (nSPS) is 16.8. The molecule has 1 saturated heterocycles. The number of amides is 1. The van der Waals surface area contributed by atoms with Crippen LogP contribution in [0.4, 0.5) is 5.82 Å². The molecule has 2 rings (SSSR count). The zero-order chi connectivity index (χ0) is 10.1. The molecule has 1 aliphatic rings. The number of carbonyl (C=O) groups excluding carboxylic acids is 1. The van der Waals surface area contributed by atoms with E-state index in [1.165, 1.54) is 10.9 Å². The molecule has 1 aliphatic heterocycles. The predicted octanol–water partition coefficient (Wildman–Crippen LogP) is -1.94. The summed E-state index contributed by atoms with van der Waals surface area (Å²) in [5.41, 5.74) is 5.34. The summed E-state index contributed by atoms with van der Waals surface area (Å²) in [6.07, 6.45) is 1.12. The van der Waals surface area contributed by atoms with E-state index in [1.807, 2.05) is 0 Å². The smallest absolute Gasteiger partial charge is 0.244 e. The lowest BCUT2D eigenvalue weighted by atomic mass is 10.2. The van der Waals surface area contributed by atoms with Crippen LogP contribution < -0.4 is 5.73 Å². The number of anilines is 1. The number of hydrogen-bond donors (Lipinski definition) is 2. The van der Waals surface area contributed by atoms with Crippen molar-refractivity contribution >= 4 is 11.7 Å². The van der Waals surface area contributed by atoms with E-state index in [1.54, 1.807) is 4.90 Å². The van der Waals surface area contributed by atoms with Crippen molar-refractivity contribution in [2.75, 3.05) is 18.8 Å². The Morgan fingerprint density at radius 3 is 2.93 bits per heavy atom. The van der Waals surface area contributed by atoms with Gasteiger partial charge in [0.15, 0.2) is 5.82 Å². The number of nitrogen functional groups attached to an aromatic ring is 1. The molecule has 0 spiro atoms. The van der Waals surface area contributed by atoms with Crippen molar-refractivity contribution in [2.45, 2.75) is 12.6 Å². The van der Waals surface area contributed by atoms with Crippen molar-refractivity contribution in [1.82, 2.24) is 19.9 Å². The number of β-amino-alcohol motifs (C(OH)–C–C–N with tert-alkyl or cyclic N) is 1. The van der Waals surface area contributed by atoms with Gasteiger partial charge in [0.1, 0.15) is 6.54 Å². The molecule has 0 saturated carbocycles. The number of rotatable bonds is 2. The van der Waals surface area contributed by atoms with Crippen molar-refractivity contribution in [3.8, 4) is 0 Å². The number of nitrogens with zero attached hydrogens (tertiary/aromatic N) is 4. The minimum absolute atomic E-state index is 0.0831. The Kier molecular flexibility index (Phi) is 2.08. The van der Waals surface area contributed by atoms with Gasteiger partial charge in [-0.15, -0.1) is 5.10 Å². The molecule has 0 radical (unpaired) electrons. The Hall–Kier alpha value is -1.63. The lowest BCUT2D eigenvalue weighted by molar-refractivity contribution is -0.142. The fourth-order valence-electron chi connectivity index (χ4n) is 1.29. The van der Waals surface area contributed by atoms with Crippen molar-refractivity contribution in [1.29, 1.82) is 0 Å². The van der Waals surface area contributed by atoms with Crippen LogP contribution in [0.25, 0.3) is 0 Å². The average molecular weight is 197 g/mol. The zero-order valence-corrected chi connectivity index (χ0v) is 7.50. The van der Waals surface area contributed by atoms with Gasteiger partial charge < -0.3 is 15.7 Å². The molecule has 7 nitrogen and oxygen atoms in total. The highest BCUT2D eigenvalue weighted by molar-refractivity contribution is 5.76. The van der Waals surface area contributed by atoms with Gasteiger partial charge in [-0.1, -0.05) is 5.21 Å². The van der Waals surface area contributed by atoms with Gasteiger partial charge in [-0.25, -0.2) is 4.68 Å². The summed E-state index contributed by atoms with van der Waals surface area (Å²) >= 11 is 0. The Balaban J connectivity index is 1.89. The number of hydrogen-bond acceptors (Lipinski definition) is 5. The first-order valence-electron chi connectivity index (χ1n) is 4.26. The van der Waals surface area contributed by atoms with Crippen LogP contribution in [0, 0.1) is 0 Å². The molecular weight excluding hydrogens is 186 g/mol. The number of nitrogens with two attached hydrogens (primary N) is 1. The quantitative estimate of drug-likeness (QED) is 0.575. The number of aliphatic hydroxyl groups excluding tert-OH is 1. The van der Waals surface area contributed by atoms with Crippen LogP contribution in [0.15, 0.2) is 6.20 Å². The number of aliphatic hydroxyl groups is 1. The third-order valence-electron chi connectivity index (χ3n) is 2.07. The summed E-state index contributed by atoms with van der Waals surface area (Å²) in [5.74, 6) is 0.210. The van der Waals surface area contributed by atoms with E-state index in [9.17, 15) is 4.79 Å². The Morgan fingerprint density at radius 2 is 2.43 bits per heavy atom. The summed E-state index contributed by atoms with van der Waals surface area (Å²) in [6, 6.07) is 0. The second-order valence-electron chi connectivity index (χ2n) is 3.29. The summed E-state index contributed by atoms with van der Waals surface area (Å²) in [7, 11) is 0. The minimum atomic E-state index is -0.375. The maximum Gasteiger partial charge on any atom is 0.244 e. The van der Waals surface area contributed by atoms with Crippen LogP contribution in [0.1, 0.15) is 0 Å². The average Bonchev–Trinajstić information content (AvgIpc) is 2.45. The molecule has 1 fully saturated rings. The number of aromatic nitrogens is 3. The van der Waals surface area contributed by atoms with Crippen molar-refractivity contribution in [3.63, 3.8) is 0 Å². The standard InChI is InChI=1S/C7H11N5O2/c8-6-3-12(10-9-6)4-7(14)11-1-5(13)2-11/h3,5,13H,1-2,4,8H2. The van der Waals surface area contributed by atoms with Gasteiger partial charge >= 0.3 is 0 Å². The molecule has 1 aromatic rings. The largest absolute Gasteiger partial charge is 0.389 e. The molecular formula is C7H11N5O2. The summed E-state index contributed by atoms with van der Waals surface area (Å²) in [4.78, 5) is 13.0. The number of carbonyl (C=O) groups is 1. The molecule has 0 aromatic carbocycles. The van der Waals surface area contributed by atoms with E-state index in [0.717, 1.165) is 0 Å². The molecule has 7 heteroatoms. The van der Waals surface area contributed by atoms with E-state index in [2.05, 4.69) is 10.3 Å².